The Kier molecular flexibility index (Phi) is 6.51. The third-order valence-electron chi connectivity index (χ3n) is 4.38. The van der Waals surface area contributed by atoms with E-state index < -0.39 is 6.04 Å². The van der Waals surface area contributed by atoms with Gasteiger partial charge in [-0.25, -0.2) is 0 Å². The van der Waals surface area contributed by atoms with E-state index in [-0.39, 0.29) is 11.8 Å². The van der Waals surface area contributed by atoms with Crippen LogP contribution in [0.4, 0.5) is 11.4 Å². The zero-order valence-corrected chi connectivity index (χ0v) is 17.7. The summed E-state index contributed by atoms with van der Waals surface area (Å²) in [7, 11) is 0. The SMILES string of the molecule is Cc1cc(N2CCOCC2)ccc1NC(=O)C(C)NC(=O)c1ccc(Br)s1. The lowest BCUT2D eigenvalue weighted by Crippen LogP contribution is -2.41. The number of carbonyl (C=O) groups excluding carboxylic acids is 2. The lowest BCUT2D eigenvalue weighted by molar-refractivity contribution is -0.117. The van der Waals surface area contributed by atoms with Crippen molar-refractivity contribution in [2.75, 3.05) is 36.5 Å². The summed E-state index contributed by atoms with van der Waals surface area (Å²) in [5, 5.41) is 5.63. The van der Waals surface area contributed by atoms with E-state index in [2.05, 4.69) is 37.5 Å². The molecule has 1 saturated heterocycles. The molecular weight excluding hydrogens is 430 g/mol. The summed E-state index contributed by atoms with van der Waals surface area (Å²) < 4.78 is 6.26. The Bertz CT molecular complexity index is 833. The number of morpholine rings is 1. The van der Waals surface area contributed by atoms with Gasteiger partial charge in [0, 0.05) is 24.5 Å². The Hall–Kier alpha value is -1.90. The third-order valence-corrected chi connectivity index (χ3v) is 6.00. The highest BCUT2D eigenvalue weighted by molar-refractivity contribution is 9.11. The van der Waals surface area contributed by atoms with Gasteiger partial charge in [0.15, 0.2) is 0 Å². The molecule has 8 heteroatoms. The van der Waals surface area contributed by atoms with Crippen LogP contribution >= 0.6 is 27.3 Å². The monoisotopic (exact) mass is 451 g/mol. The predicted octanol–water partition coefficient (Wildman–Crippen LogP) is 3.41. The minimum absolute atomic E-state index is 0.249. The quantitative estimate of drug-likeness (QED) is 0.730. The second-order valence-corrected chi connectivity index (χ2v) is 8.85. The van der Waals surface area contributed by atoms with Crippen molar-refractivity contribution in [2.24, 2.45) is 0 Å². The molecule has 3 rings (SSSR count). The van der Waals surface area contributed by atoms with Gasteiger partial charge in [-0.2, -0.15) is 0 Å². The van der Waals surface area contributed by atoms with E-state index in [4.69, 9.17) is 4.74 Å². The van der Waals surface area contributed by atoms with Crippen molar-refractivity contribution < 1.29 is 14.3 Å². The number of hydrogen-bond donors (Lipinski definition) is 2. The molecule has 1 aromatic carbocycles. The number of amides is 2. The highest BCUT2D eigenvalue weighted by atomic mass is 79.9. The van der Waals surface area contributed by atoms with Crippen LogP contribution in [0.3, 0.4) is 0 Å². The number of ether oxygens (including phenoxy) is 1. The van der Waals surface area contributed by atoms with Crippen molar-refractivity contribution in [3.8, 4) is 0 Å². The van der Waals surface area contributed by atoms with Crippen molar-refractivity contribution in [3.05, 3.63) is 44.6 Å². The molecule has 2 amide bonds. The van der Waals surface area contributed by atoms with Crippen LogP contribution < -0.4 is 15.5 Å². The number of hydrogen-bond acceptors (Lipinski definition) is 5. The largest absolute Gasteiger partial charge is 0.378 e. The maximum atomic E-state index is 12.5. The molecule has 0 spiro atoms. The maximum Gasteiger partial charge on any atom is 0.262 e. The maximum absolute atomic E-state index is 12.5. The lowest BCUT2D eigenvalue weighted by atomic mass is 10.1. The minimum Gasteiger partial charge on any atom is -0.378 e. The number of thiophene rings is 1. The molecule has 0 saturated carbocycles. The van der Waals surface area contributed by atoms with E-state index in [1.165, 1.54) is 11.3 Å². The van der Waals surface area contributed by atoms with Crippen LogP contribution in [0.15, 0.2) is 34.1 Å². The van der Waals surface area contributed by atoms with Gasteiger partial charge in [-0.05, 0) is 65.7 Å². The number of nitrogens with zero attached hydrogens (tertiary/aromatic N) is 1. The van der Waals surface area contributed by atoms with E-state index >= 15 is 0 Å². The van der Waals surface area contributed by atoms with Gasteiger partial charge in [0.2, 0.25) is 5.91 Å². The molecule has 0 aliphatic carbocycles. The normalized spacial score (nSPS) is 15.3. The van der Waals surface area contributed by atoms with Crippen molar-refractivity contribution in [1.29, 1.82) is 0 Å². The molecule has 2 heterocycles. The molecule has 27 heavy (non-hydrogen) atoms. The molecule has 144 valence electrons. The van der Waals surface area contributed by atoms with Gasteiger partial charge in [-0.3, -0.25) is 9.59 Å². The van der Waals surface area contributed by atoms with Crippen molar-refractivity contribution in [2.45, 2.75) is 19.9 Å². The molecule has 0 radical (unpaired) electrons. The number of halogens is 1. The molecule has 6 nitrogen and oxygen atoms in total. The standard InChI is InChI=1S/C19H22BrN3O3S/c1-12-11-14(23-7-9-26-10-8-23)3-4-15(12)22-18(24)13(2)21-19(25)16-5-6-17(20)27-16/h3-6,11,13H,7-10H2,1-2H3,(H,21,25)(H,22,24). The van der Waals surface area contributed by atoms with Crippen LogP contribution in [-0.4, -0.2) is 44.2 Å². The molecule has 1 aliphatic rings. The zero-order valence-electron chi connectivity index (χ0n) is 15.3. The summed E-state index contributed by atoms with van der Waals surface area (Å²) in [4.78, 5) is 27.5. The van der Waals surface area contributed by atoms with Gasteiger partial charge in [0.1, 0.15) is 6.04 Å². The molecular formula is C19H22BrN3O3S. The highest BCUT2D eigenvalue weighted by Crippen LogP contribution is 2.24. The summed E-state index contributed by atoms with van der Waals surface area (Å²) in [6.07, 6.45) is 0. The van der Waals surface area contributed by atoms with E-state index in [1.54, 1.807) is 13.0 Å². The second kappa shape index (κ2) is 8.86. The number of nitrogens with one attached hydrogen (secondary N) is 2. The van der Waals surface area contributed by atoms with Crippen molar-refractivity contribution in [3.63, 3.8) is 0 Å². The molecule has 0 bridgehead atoms. The number of aryl methyl sites for hydroxylation is 1. The first-order chi connectivity index (χ1) is 12.9. The Balaban J connectivity index is 1.60. The van der Waals surface area contributed by atoms with Gasteiger partial charge >= 0.3 is 0 Å². The molecule has 2 aromatic rings. The van der Waals surface area contributed by atoms with Gasteiger partial charge in [0.05, 0.1) is 21.9 Å². The van der Waals surface area contributed by atoms with Crippen LogP contribution in [0.2, 0.25) is 0 Å². The van der Waals surface area contributed by atoms with Gasteiger partial charge in [-0.15, -0.1) is 11.3 Å². The number of carbonyl (C=O) groups is 2. The third kappa shape index (κ3) is 5.09. The fraction of sp³-hybridized carbons (Fsp3) is 0.368. The second-order valence-electron chi connectivity index (χ2n) is 6.39. The fourth-order valence-electron chi connectivity index (χ4n) is 2.82. The summed E-state index contributed by atoms with van der Waals surface area (Å²) >= 11 is 4.66. The van der Waals surface area contributed by atoms with E-state index in [0.29, 0.717) is 4.88 Å². The number of rotatable bonds is 5. The van der Waals surface area contributed by atoms with Crippen LogP contribution in [0.25, 0.3) is 0 Å². The molecule has 1 fully saturated rings. The summed E-state index contributed by atoms with van der Waals surface area (Å²) in [6.45, 7) is 6.84. The molecule has 1 aliphatic heterocycles. The van der Waals surface area contributed by atoms with Crippen LogP contribution in [0.1, 0.15) is 22.2 Å². The fourth-order valence-corrected chi connectivity index (χ4v) is 4.11. The highest BCUT2D eigenvalue weighted by Gasteiger charge is 2.19. The van der Waals surface area contributed by atoms with Gasteiger partial charge in [-0.1, -0.05) is 0 Å². The first-order valence-electron chi connectivity index (χ1n) is 8.74. The Morgan fingerprint density at radius 1 is 1.22 bits per heavy atom. The molecule has 1 aromatic heterocycles. The first kappa shape index (κ1) is 19.9. The minimum atomic E-state index is -0.642. The lowest BCUT2D eigenvalue weighted by Gasteiger charge is -2.29. The van der Waals surface area contributed by atoms with E-state index in [9.17, 15) is 9.59 Å². The molecule has 1 unspecified atom stereocenters. The molecule has 2 N–H and O–H groups in total. The average Bonchev–Trinajstić information content (AvgIpc) is 3.10. The topological polar surface area (TPSA) is 70.7 Å². The van der Waals surface area contributed by atoms with E-state index in [1.807, 2.05) is 25.1 Å². The summed E-state index contributed by atoms with van der Waals surface area (Å²) in [5.41, 5.74) is 2.85. The van der Waals surface area contributed by atoms with Crippen molar-refractivity contribution >= 4 is 50.5 Å². The van der Waals surface area contributed by atoms with Crippen LogP contribution in [0.5, 0.6) is 0 Å². The predicted molar refractivity (Wildman–Crippen MR) is 112 cm³/mol. The Morgan fingerprint density at radius 2 is 1.96 bits per heavy atom. The average molecular weight is 452 g/mol. The first-order valence-corrected chi connectivity index (χ1v) is 10.4. The smallest absolute Gasteiger partial charge is 0.262 e. The van der Waals surface area contributed by atoms with Gasteiger partial charge in [0.25, 0.3) is 5.91 Å². The Morgan fingerprint density at radius 3 is 2.59 bits per heavy atom. The van der Waals surface area contributed by atoms with Crippen LogP contribution in [-0.2, 0) is 9.53 Å². The summed E-state index contributed by atoms with van der Waals surface area (Å²) in [6, 6.07) is 8.86. The number of anilines is 2. The van der Waals surface area contributed by atoms with E-state index in [0.717, 1.165) is 47.0 Å². The molecule has 1 atom stereocenters. The zero-order chi connectivity index (χ0) is 19.4. The van der Waals surface area contributed by atoms with Crippen LogP contribution in [0, 0.1) is 6.92 Å². The Labute approximate surface area is 171 Å². The number of benzene rings is 1. The van der Waals surface area contributed by atoms with Gasteiger partial charge < -0.3 is 20.3 Å². The summed E-state index contributed by atoms with van der Waals surface area (Å²) in [5.74, 6) is -0.506. The van der Waals surface area contributed by atoms with Crippen molar-refractivity contribution in [1.82, 2.24) is 5.32 Å².